The molecular weight excluding hydrogens is 318 g/mol. The normalized spacial score (nSPS) is 10.9. The van der Waals surface area contributed by atoms with Gasteiger partial charge in [-0.05, 0) is 17.7 Å². The Bertz CT molecular complexity index is 896. The monoisotopic (exact) mass is 331 g/mol. The van der Waals surface area contributed by atoms with E-state index in [9.17, 15) is 29.9 Å². The van der Waals surface area contributed by atoms with Gasteiger partial charge in [0, 0.05) is 18.6 Å². The lowest BCUT2D eigenvalue weighted by molar-refractivity contribution is -0.385. The van der Waals surface area contributed by atoms with Gasteiger partial charge in [-0.25, -0.2) is 4.79 Å². The van der Waals surface area contributed by atoms with Crippen molar-refractivity contribution in [2.75, 3.05) is 0 Å². The first-order valence-corrected chi connectivity index (χ1v) is 6.89. The zero-order valence-corrected chi connectivity index (χ0v) is 12.6. The number of phenolic OH excluding ortho intramolecular Hbond substituents is 1. The quantitative estimate of drug-likeness (QED) is 0.372. The lowest BCUT2D eigenvalue weighted by atomic mass is 10.1. The highest BCUT2D eigenvalue weighted by Crippen LogP contribution is 2.27. The average molecular weight is 331 g/mol. The molecule has 0 aliphatic heterocycles. The van der Waals surface area contributed by atoms with Crippen molar-refractivity contribution in [1.29, 1.82) is 0 Å². The highest BCUT2D eigenvalue weighted by atomic mass is 16.6. The standard InChI is InChI=1S/C16H13NO7/c1-2-10-8-14(20)15(16(21)24-10)13(19)6-4-9-3-5-12(18)11(7-9)17(22)23/h3-8,18,20H,2H2,1H3/b6-4+. The van der Waals surface area contributed by atoms with Gasteiger partial charge < -0.3 is 14.6 Å². The maximum absolute atomic E-state index is 12.1. The molecule has 0 spiro atoms. The Morgan fingerprint density at radius 3 is 2.58 bits per heavy atom. The van der Waals surface area contributed by atoms with E-state index in [1.54, 1.807) is 6.92 Å². The minimum absolute atomic E-state index is 0.243. The van der Waals surface area contributed by atoms with Crippen molar-refractivity contribution in [3.8, 4) is 11.5 Å². The van der Waals surface area contributed by atoms with Crippen LogP contribution >= 0.6 is 0 Å². The number of hydrogen-bond donors (Lipinski definition) is 2. The van der Waals surface area contributed by atoms with Crippen LogP contribution in [0.15, 0.2) is 39.6 Å². The molecule has 2 rings (SSSR count). The first kappa shape index (κ1) is 16.9. The summed E-state index contributed by atoms with van der Waals surface area (Å²) in [7, 11) is 0. The van der Waals surface area contributed by atoms with Gasteiger partial charge in [0.15, 0.2) is 11.5 Å². The second-order valence-corrected chi connectivity index (χ2v) is 4.82. The fraction of sp³-hybridized carbons (Fsp3) is 0.125. The number of carbonyl (C=O) groups is 1. The highest BCUT2D eigenvalue weighted by molar-refractivity contribution is 6.08. The molecule has 0 aliphatic carbocycles. The smallest absolute Gasteiger partial charge is 0.351 e. The van der Waals surface area contributed by atoms with Gasteiger partial charge in [-0.2, -0.15) is 0 Å². The number of hydrogen-bond acceptors (Lipinski definition) is 7. The molecular formula is C16H13NO7. The van der Waals surface area contributed by atoms with Crippen molar-refractivity contribution >= 4 is 17.5 Å². The number of aromatic hydroxyl groups is 2. The molecule has 0 radical (unpaired) electrons. The molecule has 1 aromatic carbocycles. The van der Waals surface area contributed by atoms with Crippen LogP contribution in [0.2, 0.25) is 0 Å². The molecule has 124 valence electrons. The number of ketones is 1. The predicted molar refractivity (Wildman–Crippen MR) is 84.1 cm³/mol. The first-order valence-electron chi connectivity index (χ1n) is 6.89. The van der Waals surface area contributed by atoms with Crippen molar-refractivity contribution in [3.63, 3.8) is 0 Å². The molecule has 1 aromatic heterocycles. The van der Waals surface area contributed by atoms with Gasteiger partial charge in [0.1, 0.15) is 17.1 Å². The summed E-state index contributed by atoms with van der Waals surface area (Å²) in [6.07, 6.45) is 2.58. The summed E-state index contributed by atoms with van der Waals surface area (Å²) in [5.74, 6) is -1.56. The van der Waals surface area contributed by atoms with E-state index in [-0.39, 0.29) is 11.3 Å². The first-order chi connectivity index (χ1) is 11.3. The molecule has 0 atom stereocenters. The molecule has 0 bridgehead atoms. The zero-order valence-electron chi connectivity index (χ0n) is 12.6. The third kappa shape index (κ3) is 3.49. The molecule has 0 amide bonds. The molecule has 0 aliphatic rings. The number of carbonyl (C=O) groups excluding carboxylic acids is 1. The largest absolute Gasteiger partial charge is 0.507 e. The molecule has 0 saturated carbocycles. The van der Waals surface area contributed by atoms with E-state index in [1.165, 1.54) is 18.2 Å². The summed E-state index contributed by atoms with van der Waals surface area (Å²) < 4.78 is 4.89. The van der Waals surface area contributed by atoms with E-state index in [0.717, 1.165) is 18.2 Å². The van der Waals surface area contributed by atoms with Crippen LogP contribution in [-0.4, -0.2) is 20.9 Å². The average Bonchev–Trinajstić information content (AvgIpc) is 2.52. The van der Waals surface area contributed by atoms with Crippen LogP contribution in [0.5, 0.6) is 11.5 Å². The topological polar surface area (TPSA) is 131 Å². The van der Waals surface area contributed by atoms with Gasteiger partial charge in [-0.15, -0.1) is 0 Å². The number of nitro benzene ring substituents is 1. The van der Waals surface area contributed by atoms with Crippen LogP contribution in [-0.2, 0) is 6.42 Å². The number of benzene rings is 1. The zero-order chi connectivity index (χ0) is 17.9. The Morgan fingerprint density at radius 1 is 1.29 bits per heavy atom. The van der Waals surface area contributed by atoms with Crippen molar-refractivity contribution in [3.05, 3.63) is 67.8 Å². The number of aryl methyl sites for hydroxylation is 1. The maximum atomic E-state index is 12.1. The van der Waals surface area contributed by atoms with Crippen LogP contribution in [0.25, 0.3) is 6.08 Å². The minimum atomic E-state index is -0.960. The van der Waals surface area contributed by atoms with Crippen LogP contribution in [0.3, 0.4) is 0 Å². The van der Waals surface area contributed by atoms with E-state index in [2.05, 4.69) is 0 Å². The molecule has 0 saturated heterocycles. The van der Waals surface area contributed by atoms with Gasteiger partial charge in [-0.1, -0.05) is 19.1 Å². The number of nitro groups is 1. The van der Waals surface area contributed by atoms with E-state index in [4.69, 9.17) is 4.42 Å². The van der Waals surface area contributed by atoms with Gasteiger partial charge in [0.25, 0.3) is 0 Å². The summed E-state index contributed by atoms with van der Waals surface area (Å²) in [4.78, 5) is 33.8. The number of nitrogens with zero attached hydrogens (tertiary/aromatic N) is 1. The Hall–Kier alpha value is -3.42. The lowest BCUT2D eigenvalue weighted by Crippen LogP contribution is -2.13. The van der Waals surface area contributed by atoms with Crippen molar-refractivity contribution in [2.45, 2.75) is 13.3 Å². The minimum Gasteiger partial charge on any atom is -0.507 e. The van der Waals surface area contributed by atoms with E-state index < -0.39 is 39.1 Å². The SMILES string of the molecule is CCc1cc(O)c(C(=O)/C=C/c2ccc(O)c([N+](=O)[O-])c2)c(=O)o1. The summed E-state index contributed by atoms with van der Waals surface area (Å²) >= 11 is 0. The highest BCUT2D eigenvalue weighted by Gasteiger charge is 2.17. The van der Waals surface area contributed by atoms with Crippen LogP contribution in [0.1, 0.15) is 28.6 Å². The fourth-order valence-electron chi connectivity index (χ4n) is 1.98. The Morgan fingerprint density at radius 2 is 2.00 bits per heavy atom. The molecule has 1 heterocycles. The van der Waals surface area contributed by atoms with Crippen LogP contribution < -0.4 is 5.63 Å². The molecule has 24 heavy (non-hydrogen) atoms. The van der Waals surface area contributed by atoms with E-state index in [1.807, 2.05) is 0 Å². The second kappa shape index (κ2) is 6.78. The van der Waals surface area contributed by atoms with Crippen LogP contribution in [0.4, 0.5) is 5.69 Å². The fourth-order valence-corrected chi connectivity index (χ4v) is 1.98. The van der Waals surface area contributed by atoms with E-state index in [0.29, 0.717) is 6.42 Å². The number of allylic oxidation sites excluding steroid dienone is 1. The molecule has 8 nitrogen and oxygen atoms in total. The summed E-state index contributed by atoms with van der Waals surface area (Å²) in [5, 5.41) is 29.9. The lowest BCUT2D eigenvalue weighted by Gasteiger charge is -2.01. The second-order valence-electron chi connectivity index (χ2n) is 4.82. The Balaban J connectivity index is 2.34. The van der Waals surface area contributed by atoms with Crippen molar-refractivity contribution in [2.24, 2.45) is 0 Å². The van der Waals surface area contributed by atoms with Gasteiger partial charge >= 0.3 is 11.3 Å². The molecule has 8 heteroatoms. The molecule has 0 fully saturated rings. The van der Waals surface area contributed by atoms with Gasteiger partial charge in [0.2, 0.25) is 0 Å². The predicted octanol–water partition coefficient (Wildman–Crippen LogP) is 2.42. The third-order valence-corrected chi connectivity index (χ3v) is 3.20. The third-order valence-electron chi connectivity index (χ3n) is 3.20. The van der Waals surface area contributed by atoms with Gasteiger partial charge in [-0.3, -0.25) is 14.9 Å². The molecule has 0 unspecified atom stereocenters. The van der Waals surface area contributed by atoms with Crippen molar-refractivity contribution < 1.29 is 24.3 Å². The maximum Gasteiger partial charge on any atom is 0.351 e. The molecule has 2 aromatic rings. The summed E-state index contributed by atoms with van der Waals surface area (Å²) in [6.45, 7) is 1.72. The number of rotatable bonds is 5. The Labute approximate surface area is 135 Å². The van der Waals surface area contributed by atoms with E-state index >= 15 is 0 Å². The number of phenols is 1. The summed E-state index contributed by atoms with van der Waals surface area (Å²) in [6, 6.07) is 4.73. The van der Waals surface area contributed by atoms with Crippen molar-refractivity contribution in [1.82, 2.24) is 0 Å². The summed E-state index contributed by atoms with van der Waals surface area (Å²) in [5.41, 5.74) is -1.73. The Kier molecular flexibility index (Phi) is 4.78. The van der Waals surface area contributed by atoms with Crippen LogP contribution in [0, 0.1) is 10.1 Å². The van der Waals surface area contributed by atoms with Gasteiger partial charge in [0.05, 0.1) is 4.92 Å². The molecule has 2 N–H and O–H groups in total.